The number of carbonyl (C=O) groups excluding carboxylic acids is 2. The lowest BCUT2D eigenvalue weighted by Crippen LogP contribution is -2.57. The van der Waals surface area contributed by atoms with Crippen LogP contribution in [0.4, 0.5) is 4.79 Å². The lowest BCUT2D eigenvalue weighted by atomic mass is 10.1. The molecule has 0 spiro atoms. The molecular weight excluding hydrogens is 390 g/mol. The average Bonchev–Trinajstić information content (AvgIpc) is 3.04. The van der Waals surface area contributed by atoms with E-state index >= 15 is 0 Å². The van der Waals surface area contributed by atoms with E-state index in [2.05, 4.69) is 33.9 Å². The summed E-state index contributed by atoms with van der Waals surface area (Å²) in [6.07, 6.45) is 1.47. The van der Waals surface area contributed by atoms with Crippen molar-refractivity contribution in [2.24, 2.45) is 0 Å². The van der Waals surface area contributed by atoms with Gasteiger partial charge in [0.1, 0.15) is 11.7 Å². The first-order valence-corrected chi connectivity index (χ1v) is 13.1. The summed E-state index contributed by atoms with van der Waals surface area (Å²) in [5, 5.41) is -0.0523. The van der Waals surface area contributed by atoms with Crippen molar-refractivity contribution in [1.29, 1.82) is 0 Å². The van der Waals surface area contributed by atoms with Crippen LogP contribution in [0.25, 0.3) is 0 Å². The molecule has 0 aromatic rings. The number of nitrogens with zero attached hydrogens (tertiary/aromatic N) is 1. The molecule has 3 atom stereocenters. The SMILES string of the molecule is CC(C)(C)OC(=O)N1C(=O)C=C[C@@H]1[C@H](O[Si](C)(C)C(C)(C)C)C1COC(C)(C)O1. The topological polar surface area (TPSA) is 74.3 Å². The fourth-order valence-electron chi connectivity index (χ4n) is 3.03. The highest BCUT2D eigenvalue weighted by Crippen LogP contribution is 2.40. The van der Waals surface area contributed by atoms with Gasteiger partial charge in [-0.1, -0.05) is 26.8 Å². The van der Waals surface area contributed by atoms with Gasteiger partial charge in [-0.15, -0.1) is 0 Å². The van der Waals surface area contributed by atoms with Crippen LogP contribution in [0.1, 0.15) is 55.4 Å². The van der Waals surface area contributed by atoms with E-state index in [1.165, 1.54) is 6.08 Å². The first-order valence-electron chi connectivity index (χ1n) is 10.2. The highest BCUT2D eigenvalue weighted by atomic mass is 28.4. The van der Waals surface area contributed by atoms with Crippen LogP contribution in [0, 0.1) is 0 Å². The first-order chi connectivity index (χ1) is 12.9. The molecule has 2 rings (SSSR count). The van der Waals surface area contributed by atoms with Gasteiger partial charge in [0.05, 0.1) is 18.8 Å². The summed E-state index contributed by atoms with van der Waals surface area (Å²) in [7, 11) is -2.24. The highest BCUT2D eigenvalue weighted by Gasteiger charge is 2.50. The molecule has 1 unspecified atom stereocenters. The second kappa shape index (κ2) is 7.79. The maximum atomic E-state index is 12.8. The molecule has 0 N–H and O–H groups in total. The Morgan fingerprint density at radius 2 is 1.83 bits per heavy atom. The van der Waals surface area contributed by atoms with E-state index in [9.17, 15) is 9.59 Å². The molecule has 1 saturated heterocycles. The fourth-order valence-corrected chi connectivity index (χ4v) is 4.36. The number of rotatable bonds is 4. The van der Waals surface area contributed by atoms with Gasteiger partial charge < -0.3 is 18.6 Å². The van der Waals surface area contributed by atoms with E-state index in [4.69, 9.17) is 18.6 Å². The van der Waals surface area contributed by atoms with E-state index in [0.717, 1.165) is 4.90 Å². The van der Waals surface area contributed by atoms with Gasteiger partial charge in [0.25, 0.3) is 5.91 Å². The van der Waals surface area contributed by atoms with E-state index in [-0.39, 0.29) is 5.04 Å². The zero-order valence-electron chi connectivity index (χ0n) is 19.5. The number of hydrogen-bond donors (Lipinski definition) is 0. The average molecular weight is 428 g/mol. The standard InChI is InChI=1S/C21H37NO6Si/c1-19(2,3)27-18(24)22-14(11-12-16(22)23)17(15-13-25-21(7,8)26-15)28-29(9,10)20(4,5)6/h11-12,14-15,17H,13H2,1-10H3/t14-,15?,17+/m1/s1. The fraction of sp³-hybridized carbons (Fsp3) is 0.810. The molecule has 2 aliphatic heterocycles. The quantitative estimate of drug-likeness (QED) is 0.625. The van der Waals surface area contributed by atoms with E-state index < -0.39 is 50.0 Å². The lowest BCUT2D eigenvalue weighted by molar-refractivity contribution is -0.153. The van der Waals surface area contributed by atoms with Gasteiger partial charge in [-0.05, 0) is 52.8 Å². The zero-order valence-corrected chi connectivity index (χ0v) is 20.5. The van der Waals surface area contributed by atoms with Gasteiger partial charge in [-0.3, -0.25) is 4.79 Å². The normalized spacial score (nSPS) is 26.1. The number of hydrogen-bond acceptors (Lipinski definition) is 6. The molecule has 0 bridgehead atoms. The third kappa shape index (κ3) is 5.68. The van der Waals surface area contributed by atoms with Crippen molar-refractivity contribution in [3.8, 4) is 0 Å². The molecular formula is C21H37NO6Si. The summed E-state index contributed by atoms with van der Waals surface area (Å²) in [5.41, 5.74) is -0.713. The summed E-state index contributed by atoms with van der Waals surface area (Å²) in [4.78, 5) is 26.5. The van der Waals surface area contributed by atoms with Crippen LogP contribution in [0.3, 0.4) is 0 Å². The highest BCUT2D eigenvalue weighted by molar-refractivity contribution is 6.74. The summed E-state index contributed by atoms with van der Waals surface area (Å²) < 4.78 is 24.1. The van der Waals surface area contributed by atoms with Crippen molar-refractivity contribution in [1.82, 2.24) is 4.90 Å². The van der Waals surface area contributed by atoms with Crippen molar-refractivity contribution in [2.75, 3.05) is 6.61 Å². The van der Waals surface area contributed by atoms with Crippen molar-refractivity contribution >= 4 is 20.3 Å². The summed E-state index contributed by atoms with van der Waals surface area (Å²) in [6.45, 7) is 20.0. The molecule has 29 heavy (non-hydrogen) atoms. The minimum absolute atomic E-state index is 0.0523. The van der Waals surface area contributed by atoms with E-state index in [1.54, 1.807) is 26.8 Å². The molecule has 1 fully saturated rings. The van der Waals surface area contributed by atoms with E-state index in [1.807, 2.05) is 13.8 Å². The van der Waals surface area contributed by atoms with Gasteiger partial charge >= 0.3 is 6.09 Å². The lowest BCUT2D eigenvalue weighted by Gasteiger charge is -2.43. The zero-order chi connectivity index (χ0) is 22.4. The molecule has 7 nitrogen and oxygen atoms in total. The summed E-state index contributed by atoms with van der Waals surface area (Å²) in [5.74, 6) is -1.16. The molecule has 166 valence electrons. The van der Waals surface area contributed by atoms with Gasteiger partial charge in [-0.2, -0.15) is 0 Å². The van der Waals surface area contributed by atoms with Crippen LogP contribution in [-0.2, 0) is 23.4 Å². The maximum Gasteiger partial charge on any atom is 0.417 e. The molecule has 2 aliphatic rings. The third-order valence-electron chi connectivity index (χ3n) is 5.53. The Morgan fingerprint density at radius 3 is 2.28 bits per heavy atom. The Labute approximate surface area is 175 Å². The Hall–Kier alpha value is -1.22. The predicted octanol–water partition coefficient (Wildman–Crippen LogP) is 4.23. The van der Waals surface area contributed by atoms with Gasteiger partial charge in [0.2, 0.25) is 0 Å². The van der Waals surface area contributed by atoms with Gasteiger partial charge in [-0.25, -0.2) is 9.69 Å². The second-order valence-electron chi connectivity index (χ2n) is 10.7. The molecule has 0 aliphatic carbocycles. The summed E-state index contributed by atoms with van der Waals surface area (Å²) in [6, 6.07) is -0.617. The molecule has 8 heteroatoms. The minimum Gasteiger partial charge on any atom is -0.443 e. The van der Waals surface area contributed by atoms with Crippen molar-refractivity contribution in [3.05, 3.63) is 12.2 Å². The smallest absolute Gasteiger partial charge is 0.417 e. The second-order valence-corrected chi connectivity index (χ2v) is 15.5. The largest absolute Gasteiger partial charge is 0.443 e. The Bertz CT molecular complexity index is 674. The number of ether oxygens (including phenoxy) is 3. The monoisotopic (exact) mass is 427 g/mol. The van der Waals surface area contributed by atoms with Crippen molar-refractivity contribution in [3.63, 3.8) is 0 Å². The maximum absolute atomic E-state index is 12.8. The molecule has 0 aromatic heterocycles. The Balaban J connectivity index is 2.37. The van der Waals surface area contributed by atoms with Crippen LogP contribution in [0.15, 0.2) is 12.2 Å². The number of amides is 2. The van der Waals surface area contributed by atoms with Crippen molar-refractivity contribution in [2.45, 2.75) is 103 Å². The summed E-state index contributed by atoms with van der Waals surface area (Å²) >= 11 is 0. The minimum atomic E-state index is -2.24. The third-order valence-corrected chi connectivity index (χ3v) is 10.0. The van der Waals surface area contributed by atoms with Crippen LogP contribution in [-0.4, -0.2) is 61.5 Å². The molecule has 0 saturated carbocycles. The molecule has 2 heterocycles. The Kier molecular flexibility index (Phi) is 6.46. The van der Waals surface area contributed by atoms with Crippen LogP contribution in [0.5, 0.6) is 0 Å². The van der Waals surface area contributed by atoms with Gasteiger partial charge in [0.15, 0.2) is 14.1 Å². The predicted molar refractivity (Wildman–Crippen MR) is 113 cm³/mol. The van der Waals surface area contributed by atoms with Gasteiger partial charge in [0, 0.05) is 6.08 Å². The Morgan fingerprint density at radius 1 is 1.24 bits per heavy atom. The molecule has 2 amide bonds. The molecule has 0 radical (unpaired) electrons. The van der Waals surface area contributed by atoms with Crippen LogP contribution >= 0.6 is 0 Å². The number of carbonyl (C=O) groups is 2. The number of imide groups is 1. The molecule has 0 aromatic carbocycles. The first kappa shape index (κ1) is 24.1. The van der Waals surface area contributed by atoms with E-state index in [0.29, 0.717) is 6.61 Å². The van der Waals surface area contributed by atoms with Crippen molar-refractivity contribution < 1.29 is 28.2 Å². The van der Waals surface area contributed by atoms with Crippen LogP contribution in [0.2, 0.25) is 18.1 Å². The van der Waals surface area contributed by atoms with Crippen LogP contribution < -0.4 is 0 Å².